The summed E-state index contributed by atoms with van der Waals surface area (Å²) in [5.41, 5.74) is 3.16. The van der Waals surface area contributed by atoms with Crippen LogP contribution in [-0.2, 0) is 9.53 Å². The molecule has 0 aliphatic rings. The van der Waals surface area contributed by atoms with Crippen molar-refractivity contribution >= 4 is 22.4 Å². The highest BCUT2D eigenvalue weighted by Gasteiger charge is 2.07. The summed E-state index contributed by atoms with van der Waals surface area (Å²) < 4.78 is 21.2. The molecule has 0 bridgehead atoms. The third-order valence-electron chi connectivity index (χ3n) is 4.11. The van der Waals surface area contributed by atoms with E-state index < -0.39 is 5.97 Å². The third kappa shape index (κ3) is 4.47. The summed E-state index contributed by atoms with van der Waals surface area (Å²) in [4.78, 5) is 11.2. The number of halogens is 1. The van der Waals surface area contributed by atoms with Gasteiger partial charge in [-0.3, -0.25) is 0 Å². The Bertz CT molecular complexity index is 869. The molecule has 0 fully saturated rings. The molecule has 3 nitrogen and oxygen atoms in total. The van der Waals surface area contributed by atoms with E-state index in [-0.39, 0.29) is 5.83 Å². The number of hydrogen-bond acceptors (Lipinski definition) is 2. The van der Waals surface area contributed by atoms with E-state index in [0.29, 0.717) is 17.2 Å². The fourth-order valence-electron chi connectivity index (χ4n) is 2.61. The van der Waals surface area contributed by atoms with Crippen LogP contribution in [-0.4, -0.2) is 17.6 Å². The first-order chi connectivity index (χ1) is 11.8. The van der Waals surface area contributed by atoms with E-state index in [4.69, 9.17) is 0 Å². The predicted octanol–water partition coefficient (Wildman–Crippen LogP) is 5.60. The first-order valence-corrected chi connectivity index (χ1v) is 8.25. The van der Waals surface area contributed by atoms with Gasteiger partial charge in [-0.2, -0.15) is 0 Å². The van der Waals surface area contributed by atoms with Crippen LogP contribution in [0.3, 0.4) is 0 Å². The van der Waals surface area contributed by atoms with Gasteiger partial charge in [0.1, 0.15) is 5.83 Å². The van der Waals surface area contributed by atoms with Crippen molar-refractivity contribution < 1.29 is 13.9 Å². The van der Waals surface area contributed by atoms with Gasteiger partial charge in [-0.15, -0.1) is 0 Å². The highest BCUT2D eigenvalue weighted by molar-refractivity contribution is 5.85. The first kappa shape index (κ1) is 18.7. The zero-order valence-electron chi connectivity index (χ0n) is 15.3. The molecular formula is C21H24FNO2. The molecular weight excluding hydrogens is 317 g/mol. The Morgan fingerprint density at radius 1 is 1.20 bits per heavy atom. The van der Waals surface area contributed by atoms with Crippen molar-refractivity contribution in [2.24, 2.45) is 0 Å². The molecule has 1 aromatic heterocycles. The van der Waals surface area contributed by atoms with Gasteiger partial charge in [-0.1, -0.05) is 12.1 Å². The van der Waals surface area contributed by atoms with Crippen molar-refractivity contribution in [3.8, 4) is 0 Å². The smallest absolute Gasteiger partial charge is 0.330 e. The number of fused-ring (bicyclic) bond motifs is 1. The maximum absolute atomic E-state index is 14.4. The van der Waals surface area contributed by atoms with Gasteiger partial charge in [0.2, 0.25) is 0 Å². The number of ether oxygens (including phenoxy) is 1. The van der Waals surface area contributed by atoms with E-state index >= 15 is 0 Å². The Balaban J connectivity index is 2.30. The molecule has 0 saturated carbocycles. The number of carbonyl (C=O) groups is 1. The molecule has 1 heterocycles. The Hall–Kier alpha value is -2.62. The van der Waals surface area contributed by atoms with Gasteiger partial charge in [0.15, 0.2) is 0 Å². The number of allylic oxidation sites excluding steroid dienone is 5. The first-order valence-electron chi connectivity index (χ1n) is 8.25. The lowest BCUT2D eigenvalue weighted by atomic mass is 10.0. The lowest BCUT2D eigenvalue weighted by Gasteiger charge is -2.10. The Morgan fingerprint density at radius 3 is 2.56 bits per heavy atom. The van der Waals surface area contributed by atoms with Crippen LogP contribution in [0, 0.1) is 0 Å². The zero-order valence-corrected chi connectivity index (χ0v) is 15.3. The van der Waals surface area contributed by atoms with Crippen LogP contribution in [0.2, 0.25) is 0 Å². The summed E-state index contributed by atoms with van der Waals surface area (Å²) in [6.07, 6.45) is 6.30. The standard InChI is InChI=1S/C21H24FNO2/c1-14(2)23-11-10-18-13-17(7-9-20(18)23)16(4)19(22)8-6-15(3)12-21(24)25-5/h6-14H,1-5H3/b8-6+,15-12+,19-16+. The van der Waals surface area contributed by atoms with E-state index in [1.807, 2.05) is 24.3 Å². The molecule has 2 rings (SSSR count). The highest BCUT2D eigenvalue weighted by Crippen LogP contribution is 2.26. The molecule has 132 valence electrons. The lowest BCUT2D eigenvalue weighted by Crippen LogP contribution is -1.97. The monoisotopic (exact) mass is 341 g/mol. The van der Waals surface area contributed by atoms with Gasteiger partial charge in [0, 0.05) is 29.2 Å². The molecule has 1 aromatic carbocycles. The number of hydrogen-bond donors (Lipinski definition) is 0. The SMILES string of the molecule is COC(=O)/C=C(C)/C=C/C(F)=C(/C)c1ccc2c(ccn2C(C)C)c1. The van der Waals surface area contributed by atoms with E-state index in [2.05, 4.69) is 29.3 Å². The van der Waals surface area contributed by atoms with Crippen molar-refractivity contribution in [2.45, 2.75) is 33.7 Å². The van der Waals surface area contributed by atoms with Gasteiger partial charge in [0.05, 0.1) is 7.11 Å². The van der Waals surface area contributed by atoms with Gasteiger partial charge in [-0.25, -0.2) is 9.18 Å². The molecule has 0 saturated heterocycles. The Kier molecular flexibility index (Phi) is 5.97. The molecule has 0 aliphatic heterocycles. The maximum Gasteiger partial charge on any atom is 0.330 e. The average molecular weight is 341 g/mol. The summed E-state index contributed by atoms with van der Waals surface area (Å²) in [6.45, 7) is 7.73. The molecule has 2 aromatic rings. The highest BCUT2D eigenvalue weighted by atomic mass is 19.1. The second-order valence-corrected chi connectivity index (χ2v) is 6.31. The second kappa shape index (κ2) is 7.97. The van der Waals surface area contributed by atoms with Gasteiger partial charge >= 0.3 is 5.97 Å². The largest absolute Gasteiger partial charge is 0.466 e. The summed E-state index contributed by atoms with van der Waals surface area (Å²) in [7, 11) is 1.31. The lowest BCUT2D eigenvalue weighted by molar-refractivity contribution is -0.134. The van der Waals surface area contributed by atoms with E-state index in [0.717, 1.165) is 16.5 Å². The van der Waals surface area contributed by atoms with Crippen molar-refractivity contribution in [1.29, 1.82) is 0 Å². The minimum atomic E-state index is -0.455. The fraction of sp³-hybridized carbons (Fsp3) is 0.286. The minimum Gasteiger partial charge on any atom is -0.466 e. The fourth-order valence-corrected chi connectivity index (χ4v) is 2.61. The molecule has 0 spiro atoms. The maximum atomic E-state index is 14.4. The Labute approximate surface area is 148 Å². The van der Waals surface area contributed by atoms with Crippen molar-refractivity contribution in [3.05, 3.63) is 65.7 Å². The van der Waals surface area contributed by atoms with Crippen LogP contribution in [0.1, 0.15) is 39.3 Å². The predicted molar refractivity (Wildman–Crippen MR) is 101 cm³/mol. The quantitative estimate of drug-likeness (QED) is 0.403. The number of methoxy groups -OCH3 is 1. The summed E-state index contributed by atoms with van der Waals surface area (Å²) in [5.74, 6) is -0.788. The van der Waals surface area contributed by atoms with E-state index in [9.17, 15) is 9.18 Å². The third-order valence-corrected chi connectivity index (χ3v) is 4.11. The number of rotatable bonds is 5. The summed E-state index contributed by atoms with van der Waals surface area (Å²) >= 11 is 0. The number of aromatic nitrogens is 1. The van der Waals surface area contributed by atoms with E-state index in [1.165, 1.54) is 19.3 Å². The number of esters is 1. The molecule has 0 radical (unpaired) electrons. The van der Waals surface area contributed by atoms with Crippen molar-refractivity contribution in [1.82, 2.24) is 4.57 Å². The molecule has 0 aliphatic carbocycles. The van der Waals surface area contributed by atoms with Crippen LogP contribution in [0.15, 0.2) is 60.1 Å². The summed E-state index contributed by atoms with van der Waals surface area (Å²) in [5, 5.41) is 1.09. The van der Waals surface area contributed by atoms with Crippen LogP contribution in [0.4, 0.5) is 4.39 Å². The average Bonchev–Trinajstić information content (AvgIpc) is 3.02. The van der Waals surface area contributed by atoms with Crippen molar-refractivity contribution in [2.75, 3.05) is 7.11 Å². The zero-order chi connectivity index (χ0) is 18.6. The molecule has 0 unspecified atom stereocenters. The molecule has 25 heavy (non-hydrogen) atoms. The molecule has 0 atom stereocenters. The van der Waals surface area contributed by atoms with Crippen molar-refractivity contribution in [3.63, 3.8) is 0 Å². The number of nitrogens with zero attached hydrogens (tertiary/aromatic N) is 1. The topological polar surface area (TPSA) is 31.2 Å². The van der Waals surface area contributed by atoms with Crippen LogP contribution >= 0.6 is 0 Å². The minimum absolute atomic E-state index is 0.333. The van der Waals surface area contributed by atoms with Gasteiger partial charge in [-0.05, 0) is 68.7 Å². The Morgan fingerprint density at radius 2 is 1.92 bits per heavy atom. The number of carbonyl (C=O) groups excluding carboxylic acids is 1. The molecule has 4 heteroatoms. The van der Waals surface area contributed by atoms with Crippen LogP contribution in [0.5, 0.6) is 0 Å². The second-order valence-electron chi connectivity index (χ2n) is 6.31. The van der Waals surface area contributed by atoms with Gasteiger partial charge < -0.3 is 9.30 Å². The van der Waals surface area contributed by atoms with Gasteiger partial charge in [0.25, 0.3) is 0 Å². The normalized spacial score (nSPS) is 13.6. The summed E-state index contributed by atoms with van der Waals surface area (Å²) in [6, 6.07) is 8.37. The molecule has 0 amide bonds. The van der Waals surface area contributed by atoms with Crippen LogP contribution < -0.4 is 0 Å². The number of benzene rings is 1. The van der Waals surface area contributed by atoms with Crippen LogP contribution in [0.25, 0.3) is 16.5 Å². The molecule has 0 N–H and O–H groups in total. The van der Waals surface area contributed by atoms with E-state index in [1.54, 1.807) is 19.9 Å².